The Balaban J connectivity index is 2.53. The van der Waals surface area contributed by atoms with Crippen molar-refractivity contribution in [3.05, 3.63) is 20.8 Å². The molecule has 14 heavy (non-hydrogen) atoms. The number of thiophene rings is 1. The molecule has 1 rings (SSSR count). The lowest BCUT2D eigenvalue weighted by Gasteiger charge is -2.04. The molecule has 0 aliphatic rings. The second kappa shape index (κ2) is 5.13. The molecule has 0 aliphatic carbocycles. The van der Waals surface area contributed by atoms with Crippen molar-refractivity contribution in [3.8, 4) is 6.07 Å². The number of hydrogen-bond acceptors (Lipinski definition) is 3. The van der Waals surface area contributed by atoms with Gasteiger partial charge in [-0.3, -0.25) is 4.79 Å². The Bertz CT molecular complexity index is 369. The second-order valence-corrected chi connectivity index (χ2v) is 4.61. The number of carbonyl (C=O) groups excluding carboxylic acids is 1. The van der Waals surface area contributed by atoms with Gasteiger partial charge in [-0.25, -0.2) is 0 Å². The van der Waals surface area contributed by atoms with Gasteiger partial charge in [0.05, 0.1) is 12.0 Å². The lowest BCUT2D eigenvalue weighted by atomic mass is 10.2. The summed E-state index contributed by atoms with van der Waals surface area (Å²) in [6.45, 7) is 2.16. The summed E-state index contributed by atoms with van der Waals surface area (Å²) in [7, 11) is 0. The van der Waals surface area contributed by atoms with Crippen LogP contribution in [0.2, 0.25) is 0 Å². The van der Waals surface area contributed by atoms with Crippen LogP contribution in [0.4, 0.5) is 0 Å². The van der Waals surface area contributed by atoms with Gasteiger partial charge in [-0.05, 0) is 34.3 Å². The Morgan fingerprint density at radius 2 is 2.57 bits per heavy atom. The number of nitrogens with one attached hydrogen (secondary N) is 1. The van der Waals surface area contributed by atoms with Crippen LogP contribution in [0.25, 0.3) is 0 Å². The first-order valence-electron chi connectivity index (χ1n) is 4.06. The first-order valence-corrected chi connectivity index (χ1v) is 5.73. The van der Waals surface area contributed by atoms with Crippen molar-refractivity contribution in [3.63, 3.8) is 0 Å². The molecule has 0 aliphatic heterocycles. The summed E-state index contributed by atoms with van der Waals surface area (Å²) < 4.78 is 0.796. The van der Waals surface area contributed by atoms with Gasteiger partial charge in [-0.15, -0.1) is 11.3 Å². The first kappa shape index (κ1) is 11.2. The first-order chi connectivity index (χ1) is 6.65. The molecule has 0 aromatic carbocycles. The molecule has 1 atom stereocenters. The molecular weight excluding hydrogens is 264 g/mol. The molecule has 1 heterocycles. The summed E-state index contributed by atoms with van der Waals surface area (Å²) >= 11 is 4.65. The molecule has 1 N–H and O–H groups in total. The van der Waals surface area contributed by atoms with Crippen molar-refractivity contribution in [2.75, 3.05) is 6.54 Å². The summed E-state index contributed by atoms with van der Waals surface area (Å²) in [5, 5.41) is 13.1. The minimum atomic E-state index is -0.155. The fraction of sp³-hybridized carbons (Fsp3) is 0.333. The average Bonchev–Trinajstić information content (AvgIpc) is 2.60. The molecule has 0 bridgehead atoms. The number of carbonyl (C=O) groups is 1. The van der Waals surface area contributed by atoms with E-state index in [4.69, 9.17) is 5.26 Å². The standard InChI is InChI=1S/C9H9BrN2OS/c1-6(4-11)5-12-9(13)8-7(10)2-3-14-8/h2-3,6H,5H2,1H3,(H,12,13)/t6-/m1/s1. The molecule has 5 heteroatoms. The summed E-state index contributed by atoms with van der Waals surface area (Å²) in [6, 6.07) is 3.88. The van der Waals surface area contributed by atoms with Crippen LogP contribution in [0.3, 0.4) is 0 Å². The van der Waals surface area contributed by atoms with Gasteiger partial charge in [0.25, 0.3) is 5.91 Å². The Kier molecular flexibility index (Phi) is 4.11. The van der Waals surface area contributed by atoms with E-state index in [2.05, 4.69) is 27.3 Å². The third-order valence-electron chi connectivity index (χ3n) is 1.61. The predicted octanol–water partition coefficient (Wildman–Crippen LogP) is 2.40. The van der Waals surface area contributed by atoms with Gasteiger partial charge in [-0.2, -0.15) is 5.26 Å². The quantitative estimate of drug-likeness (QED) is 0.919. The van der Waals surface area contributed by atoms with Crippen LogP contribution in [-0.4, -0.2) is 12.5 Å². The third-order valence-corrected chi connectivity index (χ3v) is 3.45. The molecule has 0 saturated carbocycles. The highest BCUT2D eigenvalue weighted by molar-refractivity contribution is 9.10. The van der Waals surface area contributed by atoms with Crippen molar-refractivity contribution in [2.24, 2.45) is 5.92 Å². The van der Waals surface area contributed by atoms with Gasteiger partial charge >= 0.3 is 0 Å². The zero-order valence-electron chi connectivity index (χ0n) is 7.58. The highest BCUT2D eigenvalue weighted by atomic mass is 79.9. The van der Waals surface area contributed by atoms with Gasteiger partial charge in [0.2, 0.25) is 0 Å². The molecule has 0 fully saturated rings. The smallest absolute Gasteiger partial charge is 0.262 e. The van der Waals surface area contributed by atoms with Crippen LogP contribution in [-0.2, 0) is 0 Å². The van der Waals surface area contributed by atoms with E-state index in [-0.39, 0.29) is 11.8 Å². The molecule has 1 aromatic heterocycles. The normalized spacial score (nSPS) is 11.8. The summed E-state index contributed by atoms with van der Waals surface area (Å²) in [5.41, 5.74) is 0. The highest BCUT2D eigenvalue weighted by Crippen LogP contribution is 2.22. The lowest BCUT2D eigenvalue weighted by Crippen LogP contribution is -2.27. The van der Waals surface area contributed by atoms with E-state index in [1.807, 2.05) is 11.4 Å². The van der Waals surface area contributed by atoms with Gasteiger partial charge < -0.3 is 5.32 Å². The number of hydrogen-bond donors (Lipinski definition) is 1. The van der Waals surface area contributed by atoms with Gasteiger partial charge in [0, 0.05) is 11.0 Å². The van der Waals surface area contributed by atoms with Crippen LogP contribution in [0, 0.1) is 17.2 Å². The molecule has 74 valence electrons. The van der Waals surface area contributed by atoms with Crippen molar-refractivity contribution < 1.29 is 4.79 Å². The molecule has 3 nitrogen and oxygen atoms in total. The molecule has 1 amide bonds. The Morgan fingerprint density at radius 3 is 3.07 bits per heavy atom. The monoisotopic (exact) mass is 272 g/mol. The van der Waals surface area contributed by atoms with E-state index in [0.29, 0.717) is 11.4 Å². The minimum Gasteiger partial charge on any atom is -0.350 e. The molecule has 0 saturated heterocycles. The fourth-order valence-corrected chi connectivity index (χ4v) is 2.30. The molecule has 0 unspecified atom stereocenters. The number of rotatable bonds is 3. The van der Waals surface area contributed by atoms with Crippen molar-refractivity contribution >= 4 is 33.2 Å². The van der Waals surface area contributed by atoms with Crippen LogP contribution in [0.15, 0.2) is 15.9 Å². The maximum atomic E-state index is 11.5. The van der Waals surface area contributed by atoms with Crippen molar-refractivity contribution in [1.82, 2.24) is 5.32 Å². The Hall–Kier alpha value is -0.860. The zero-order valence-corrected chi connectivity index (χ0v) is 9.98. The van der Waals surface area contributed by atoms with Gasteiger partial charge in [0.15, 0.2) is 0 Å². The van der Waals surface area contributed by atoms with E-state index >= 15 is 0 Å². The highest BCUT2D eigenvalue weighted by Gasteiger charge is 2.11. The average molecular weight is 273 g/mol. The maximum absolute atomic E-state index is 11.5. The van der Waals surface area contributed by atoms with E-state index in [1.54, 1.807) is 6.92 Å². The second-order valence-electron chi connectivity index (χ2n) is 2.84. The molecular formula is C9H9BrN2OS. The predicted molar refractivity (Wildman–Crippen MR) is 59.1 cm³/mol. The molecule has 1 aromatic rings. The molecule has 0 radical (unpaired) electrons. The van der Waals surface area contributed by atoms with E-state index in [0.717, 1.165) is 4.47 Å². The third kappa shape index (κ3) is 2.82. The minimum absolute atomic E-state index is 0.131. The Morgan fingerprint density at radius 1 is 1.86 bits per heavy atom. The number of amides is 1. The number of nitriles is 1. The van der Waals surface area contributed by atoms with E-state index in [9.17, 15) is 4.79 Å². The van der Waals surface area contributed by atoms with Gasteiger partial charge in [-0.1, -0.05) is 0 Å². The number of nitrogens with zero attached hydrogens (tertiary/aromatic N) is 1. The van der Waals surface area contributed by atoms with Crippen LogP contribution < -0.4 is 5.32 Å². The summed E-state index contributed by atoms with van der Waals surface area (Å²) in [5.74, 6) is -0.285. The largest absolute Gasteiger partial charge is 0.350 e. The summed E-state index contributed by atoms with van der Waals surface area (Å²) in [4.78, 5) is 12.2. The van der Waals surface area contributed by atoms with Crippen LogP contribution in [0.5, 0.6) is 0 Å². The fourth-order valence-electron chi connectivity index (χ4n) is 0.827. The van der Waals surface area contributed by atoms with E-state index in [1.165, 1.54) is 11.3 Å². The van der Waals surface area contributed by atoms with Crippen LogP contribution in [0.1, 0.15) is 16.6 Å². The Labute approximate surface area is 94.9 Å². The molecule has 0 spiro atoms. The van der Waals surface area contributed by atoms with Crippen LogP contribution >= 0.6 is 27.3 Å². The lowest BCUT2D eigenvalue weighted by molar-refractivity contribution is 0.0954. The number of halogens is 1. The van der Waals surface area contributed by atoms with Crippen molar-refractivity contribution in [2.45, 2.75) is 6.92 Å². The van der Waals surface area contributed by atoms with E-state index < -0.39 is 0 Å². The van der Waals surface area contributed by atoms with Gasteiger partial charge in [0.1, 0.15) is 4.88 Å². The summed E-state index contributed by atoms with van der Waals surface area (Å²) in [6.07, 6.45) is 0. The topological polar surface area (TPSA) is 52.9 Å². The maximum Gasteiger partial charge on any atom is 0.262 e. The zero-order chi connectivity index (χ0) is 10.6. The SMILES string of the molecule is C[C@H](C#N)CNC(=O)c1sccc1Br. The van der Waals surface area contributed by atoms with Crippen molar-refractivity contribution in [1.29, 1.82) is 5.26 Å².